The fraction of sp³-hybridized carbons (Fsp3) is 0.316. The molecule has 1 amide bonds. The summed E-state index contributed by atoms with van der Waals surface area (Å²) in [6, 6.07) is 9.49. The Morgan fingerprint density at radius 3 is 2.69 bits per heavy atom. The Balaban J connectivity index is 1.68. The molecule has 9 nitrogen and oxygen atoms in total. The van der Waals surface area contributed by atoms with Gasteiger partial charge in [-0.15, -0.1) is 0 Å². The van der Waals surface area contributed by atoms with Crippen molar-refractivity contribution in [2.45, 2.75) is 13.0 Å². The van der Waals surface area contributed by atoms with Gasteiger partial charge in [-0.25, -0.2) is 14.8 Å². The molecular weight excluding hydrogens is 392 g/mol. The van der Waals surface area contributed by atoms with Crippen molar-refractivity contribution in [3.05, 3.63) is 57.5 Å². The highest BCUT2D eigenvalue weighted by Crippen LogP contribution is 2.22. The van der Waals surface area contributed by atoms with Gasteiger partial charge in [0.1, 0.15) is 6.54 Å². The summed E-state index contributed by atoms with van der Waals surface area (Å²) < 4.78 is 3.82. The van der Waals surface area contributed by atoms with Crippen molar-refractivity contribution < 1.29 is 4.79 Å². The number of amidine groups is 1. The third kappa shape index (κ3) is 3.51. The van der Waals surface area contributed by atoms with Gasteiger partial charge >= 0.3 is 5.69 Å². The second-order valence-electron chi connectivity index (χ2n) is 6.73. The number of thioether (sulfide) groups is 1. The molecule has 0 atom stereocenters. The number of nitrogens with zero attached hydrogens (tertiary/aromatic N) is 6. The number of imidazole rings is 1. The van der Waals surface area contributed by atoms with Crippen molar-refractivity contribution in [3.63, 3.8) is 0 Å². The molecule has 1 fully saturated rings. The van der Waals surface area contributed by atoms with Crippen molar-refractivity contribution >= 4 is 39.7 Å². The van der Waals surface area contributed by atoms with Crippen LogP contribution in [0.4, 0.5) is 5.69 Å². The first-order valence-electron chi connectivity index (χ1n) is 9.15. The molecule has 0 bridgehead atoms. The van der Waals surface area contributed by atoms with Gasteiger partial charge in [0.15, 0.2) is 16.3 Å². The van der Waals surface area contributed by atoms with E-state index in [1.54, 1.807) is 11.9 Å². The van der Waals surface area contributed by atoms with Gasteiger partial charge in [-0.05, 0) is 18.6 Å². The predicted molar refractivity (Wildman–Crippen MR) is 113 cm³/mol. The van der Waals surface area contributed by atoms with Gasteiger partial charge in [-0.3, -0.25) is 23.6 Å². The van der Waals surface area contributed by atoms with Crippen LogP contribution in [-0.2, 0) is 25.4 Å². The normalized spacial score (nSPS) is 15.9. The lowest BCUT2D eigenvalue weighted by atomic mass is 10.3. The van der Waals surface area contributed by atoms with Gasteiger partial charge in [0.05, 0.1) is 12.0 Å². The minimum Gasteiger partial charge on any atom is -0.315 e. The Morgan fingerprint density at radius 2 is 1.93 bits per heavy atom. The van der Waals surface area contributed by atoms with Crippen LogP contribution < -0.4 is 11.2 Å². The average Bonchev–Trinajstić information content (AvgIpc) is 3.15. The zero-order chi connectivity index (χ0) is 20.5. The molecule has 3 heterocycles. The Kier molecular flexibility index (Phi) is 5.10. The van der Waals surface area contributed by atoms with Crippen LogP contribution >= 0.6 is 11.8 Å². The molecule has 0 saturated carbocycles. The van der Waals surface area contributed by atoms with E-state index < -0.39 is 11.2 Å². The maximum atomic E-state index is 13.1. The fourth-order valence-electron chi connectivity index (χ4n) is 3.24. The number of hydrogen-bond donors (Lipinski definition) is 0. The molecule has 150 valence electrons. The Bertz CT molecular complexity index is 1220. The van der Waals surface area contributed by atoms with Crippen LogP contribution in [-0.4, -0.2) is 47.0 Å². The third-order valence-electron chi connectivity index (χ3n) is 4.79. The number of aromatic nitrogens is 4. The van der Waals surface area contributed by atoms with Crippen LogP contribution in [0.5, 0.6) is 0 Å². The lowest BCUT2D eigenvalue weighted by Crippen LogP contribution is -2.41. The molecule has 0 aliphatic carbocycles. The Morgan fingerprint density at radius 1 is 1.17 bits per heavy atom. The van der Waals surface area contributed by atoms with Crippen LogP contribution in [0.25, 0.3) is 11.2 Å². The first-order chi connectivity index (χ1) is 14.0. The fourth-order valence-corrected chi connectivity index (χ4v) is 4.22. The quantitative estimate of drug-likeness (QED) is 0.642. The zero-order valence-electron chi connectivity index (χ0n) is 16.1. The van der Waals surface area contributed by atoms with Crippen LogP contribution in [0.3, 0.4) is 0 Å². The molecule has 29 heavy (non-hydrogen) atoms. The monoisotopic (exact) mass is 412 g/mol. The SMILES string of the molecule is Cn1c(=O)c2c(ncn2CC(=O)N2CCCSC2=Nc2ccccc2)n(C)c1=O. The first kappa shape index (κ1) is 19.2. The van der Waals surface area contributed by atoms with Crippen molar-refractivity contribution in [3.8, 4) is 0 Å². The van der Waals surface area contributed by atoms with E-state index in [2.05, 4.69) is 9.98 Å². The Labute approximate surface area is 170 Å². The molecule has 1 aliphatic rings. The standard InChI is InChI=1S/C19H20N6O3S/c1-22-16-15(17(27)23(2)19(22)28)24(12-20-16)11-14(26)25-9-6-10-29-18(25)21-13-7-4-3-5-8-13/h3-5,7-8,12H,6,9-11H2,1-2H3. The lowest BCUT2D eigenvalue weighted by molar-refractivity contribution is -0.127. The molecule has 1 aliphatic heterocycles. The highest BCUT2D eigenvalue weighted by atomic mass is 32.2. The number of rotatable bonds is 3. The lowest BCUT2D eigenvalue weighted by Gasteiger charge is -2.28. The second kappa shape index (κ2) is 7.70. The molecule has 1 aromatic carbocycles. The smallest absolute Gasteiger partial charge is 0.315 e. The summed E-state index contributed by atoms with van der Waals surface area (Å²) >= 11 is 1.54. The van der Waals surface area contributed by atoms with Gasteiger partial charge in [-0.1, -0.05) is 30.0 Å². The summed E-state index contributed by atoms with van der Waals surface area (Å²) in [6.45, 7) is 0.513. The maximum absolute atomic E-state index is 13.1. The first-order valence-corrected chi connectivity index (χ1v) is 10.1. The predicted octanol–water partition coefficient (Wildman–Crippen LogP) is 1.09. The average molecular weight is 412 g/mol. The van der Waals surface area contributed by atoms with E-state index in [9.17, 15) is 14.4 Å². The van der Waals surface area contributed by atoms with Gasteiger partial charge in [-0.2, -0.15) is 0 Å². The number of aryl methyl sites for hydroxylation is 1. The van der Waals surface area contributed by atoms with Crippen LogP contribution in [0.2, 0.25) is 0 Å². The van der Waals surface area contributed by atoms with Crippen molar-refractivity contribution in [1.29, 1.82) is 0 Å². The summed E-state index contributed by atoms with van der Waals surface area (Å²) in [4.78, 5) is 48.2. The highest BCUT2D eigenvalue weighted by molar-refractivity contribution is 8.13. The molecule has 0 spiro atoms. The summed E-state index contributed by atoms with van der Waals surface area (Å²) in [6.07, 6.45) is 2.29. The third-order valence-corrected chi connectivity index (χ3v) is 5.86. The number of carbonyl (C=O) groups is 1. The molecule has 4 rings (SSSR count). The summed E-state index contributed by atoms with van der Waals surface area (Å²) in [7, 11) is 2.96. The number of para-hydroxylation sites is 1. The minimum absolute atomic E-state index is 0.0572. The number of carbonyl (C=O) groups excluding carboxylic acids is 1. The molecule has 0 unspecified atom stereocenters. The number of amides is 1. The van der Waals surface area contributed by atoms with E-state index in [1.807, 2.05) is 30.3 Å². The van der Waals surface area contributed by atoms with Crippen LogP contribution in [0.15, 0.2) is 51.2 Å². The summed E-state index contributed by atoms with van der Waals surface area (Å²) in [5.74, 6) is 0.716. The number of benzene rings is 1. The van der Waals surface area contributed by atoms with Crippen molar-refractivity contribution in [2.24, 2.45) is 19.1 Å². The minimum atomic E-state index is -0.473. The van der Waals surface area contributed by atoms with E-state index in [4.69, 9.17) is 0 Å². The zero-order valence-corrected chi connectivity index (χ0v) is 16.9. The Hall–Kier alpha value is -3.14. The van der Waals surface area contributed by atoms with E-state index in [0.717, 1.165) is 22.4 Å². The summed E-state index contributed by atoms with van der Waals surface area (Å²) in [5.41, 5.74) is 0.348. The molecule has 10 heteroatoms. The molecule has 1 saturated heterocycles. The van der Waals surface area contributed by atoms with E-state index >= 15 is 0 Å². The molecule has 0 radical (unpaired) electrons. The number of aliphatic imine (C=N–C) groups is 1. The van der Waals surface area contributed by atoms with E-state index in [-0.39, 0.29) is 23.6 Å². The topological polar surface area (TPSA) is 94.5 Å². The van der Waals surface area contributed by atoms with Gasteiger partial charge in [0.25, 0.3) is 5.56 Å². The largest absolute Gasteiger partial charge is 0.332 e. The highest BCUT2D eigenvalue weighted by Gasteiger charge is 2.25. The van der Waals surface area contributed by atoms with E-state index in [0.29, 0.717) is 11.7 Å². The van der Waals surface area contributed by atoms with Crippen LogP contribution in [0, 0.1) is 0 Å². The number of hydrogen-bond acceptors (Lipinski definition) is 6. The number of fused-ring (bicyclic) bond motifs is 1. The molecule has 0 N–H and O–H groups in total. The van der Waals surface area contributed by atoms with Crippen molar-refractivity contribution in [2.75, 3.05) is 12.3 Å². The molecule has 3 aromatic rings. The van der Waals surface area contributed by atoms with Crippen molar-refractivity contribution in [1.82, 2.24) is 23.6 Å². The molecular formula is C19H20N6O3S. The van der Waals surface area contributed by atoms with Gasteiger partial charge in [0.2, 0.25) is 5.91 Å². The van der Waals surface area contributed by atoms with Gasteiger partial charge < -0.3 is 4.57 Å². The second-order valence-corrected chi connectivity index (χ2v) is 7.79. The van der Waals surface area contributed by atoms with Crippen LogP contribution in [0.1, 0.15) is 6.42 Å². The maximum Gasteiger partial charge on any atom is 0.332 e. The van der Waals surface area contributed by atoms with Gasteiger partial charge in [0, 0.05) is 26.4 Å². The summed E-state index contributed by atoms with van der Waals surface area (Å²) in [5, 5.41) is 0.650. The molecule has 2 aromatic heterocycles. The van der Waals surface area contributed by atoms with E-state index in [1.165, 1.54) is 34.3 Å².